The minimum absolute atomic E-state index is 0.0292. The van der Waals surface area contributed by atoms with E-state index in [0.717, 1.165) is 51.0 Å². The van der Waals surface area contributed by atoms with Crippen molar-refractivity contribution in [3.63, 3.8) is 0 Å². The van der Waals surface area contributed by atoms with Crippen LogP contribution in [0.3, 0.4) is 0 Å². The van der Waals surface area contributed by atoms with Crippen LogP contribution in [-0.2, 0) is 0 Å². The van der Waals surface area contributed by atoms with E-state index in [9.17, 15) is 35.4 Å². The third kappa shape index (κ3) is 4.65. The van der Waals surface area contributed by atoms with Crippen LogP contribution in [0.15, 0.2) is 34.9 Å². The third-order valence-electron chi connectivity index (χ3n) is 10.8. The predicted molar refractivity (Wildman–Crippen MR) is 148 cm³/mol. The fourth-order valence-electron chi connectivity index (χ4n) is 9.11. The van der Waals surface area contributed by atoms with Crippen LogP contribution in [0.5, 0.6) is 0 Å². The van der Waals surface area contributed by atoms with Gasteiger partial charge in [-0.1, -0.05) is 25.5 Å². The first-order valence-corrected chi connectivity index (χ1v) is 14.1. The molecule has 5 rings (SSSR count). The van der Waals surface area contributed by atoms with Gasteiger partial charge in [0.05, 0.1) is 22.0 Å². The molecule has 4 aliphatic carbocycles. The van der Waals surface area contributed by atoms with Crippen molar-refractivity contribution in [3.05, 3.63) is 60.2 Å². The number of aliphatic hydroxyl groups excluding tert-OH is 1. The van der Waals surface area contributed by atoms with E-state index in [1.165, 1.54) is 17.7 Å². The van der Waals surface area contributed by atoms with Crippen molar-refractivity contribution < 1.29 is 19.9 Å². The van der Waals surface area contributed by atoms with Crippen molar-refractivity contribution in [1.82, 2.24) is 0 Å². The van der Waals surface area contributed by atoms with Gasteiger partial charge in [-0.3, -0.25) is 35.8 Å². The first-order chi connectivity index (χ1) is 18.8. The number of aliphatic hydroxyl groups is 1. The van der Waals surface area contributed by atoms with Crippen LogP contribution in [0.2, 0.25) is 0 Å². The molecule has 0 radical (unpaired) electrons. The van der Waals surface area contributed by atoms with Crippen molar-refractivity contribution in [2.75, 3.05) is 12.0 Å². The highest BCUT2D eigenvalue weighted by Crippen LogP contribution is 2.67. The molecule has 216 valence electrons. The highest BCUT2D eigenvalue weighted by Gasteiger charge is 2.62. The summed E-state index contributed by atoms with van der Waals surface area (Å²) in [6.07, 6.45) is 8.14. The first-order valence-electron chi connectivity index (χ1n) is 14.1. The van der Waals surface area contributed by atoms with Crippen molar-refractivity contribution in [2.45, 2.75) is 71.8 Å². The van der Waals surface area contributed by atoms with E-state index in [0.29, 0.717) is 17.5 Å². The lowest BCUT2D eigenvalue weighted by atomic mass is 9.47. The van der Waals surface area contributed by atoms with Crippen LogP contribution >= 0.6 is 0 Å². The molecule has 0 aliphatic heterocycles. The molecule has 12 nitrogen and oxygen atoms in total. The number of rotatable bonds is 7. The Kier molecular flexibility index (Phi) is 7.18. The molecule has 2 unspecified atom stereocenters. The number of allylic oxidation sites excluding steroid dienone is 1. The summed E-state index contributed by atoms with van der Waals surface area (Å²) in [6.45, 7) is 6.24. The molecular weight excluding hydrogens is 518 g/mol. The summed E-state index contributed by atoms with van der Waals surface area (Å²) in [5.74, 6) is 0.763. The first kappa shape index (κ1) is 28.1. The lowest BCUT2D eigenvalue weighted by Crippen LogP contribution is -2.51. The molecule has 3 saturated carbocycles. The zero-order valence-corrected chi connectivity index (χ0v) is 23.1. The SMILES string of the molecule is C/C(=N\Nc1ccc([N+](=O)[O-])cc1[N+](=O)[O-])[C@H]1C(C[N+](=O)[O-])C[C@H]2[C@@H]3CC=C4CC(O)CC[C@]4(C)[C@H]3CC[C@]12C. The number of nitrogens with zero attached hydrogens (tertiary/aromatic N) is 4. The Bertz CT molecular complexity index is 1300. The molecule has 2 N–H and O–H groups in total. The molecule has 12 heteroatoms. The Morgan fingerprint density at radius 3 is 2.52 bits per heavy atom. The van der Waals surface area contributed by atoms with Gasteiger partial charge in [0.15, 0.2) is 0 Å². The Balaban J connectivity index is 1.45. The van der Waals surface area contributed by atoms with Gasteiger partial charge in [0, 0.05) is 28.5 Å². The number of nitro benzene ring substituents is 2. The average Bonchev–Trinajstić information content (AvgIpc) is 3.18. The van der Waals surface area contributed by atoms with E-state index in [2.05, 4.69) is 30.5 Å². The van der Waals surface area contributed by atoms with E-state index in [-0.39, 0.29) is 51.8 Å². The van der Waals surface area contributed by atoms with Crippen molar-refractivity contribution in [3.8, 4) is 0 Å². The molecule has 0 amide bonds. The molecule has 1 aromatic rings. The molecule has 8 atom stereocenters. The molecule has 1 aromatic carbocycles. The second-order valence-corrected chi connectivity index (χ2v) is 12.8. The number of non-ortho nitro benzene ring substituents is 1. The number of anilines is 1. The number of nitrogens with one attached hydrogen (secondary N) is 1. The molecule has 40 heavy (non-hydrogen) atoms. The van der Waals surface area contributed by atoms with E-state index >= 15 is 0 Å². The topological polar surface area (TPSA) is 174 Å². The van der Waals surface area contributed by atoms with Gasteiger partial charge in [0.2, 0.25) is 6.54 Å². The Morgan fingerprint density at radius 1 is 1.10 bits per heavy atom. The van der Waals surface area contributed by atoms with E-state index in [1.54, 1.807) is 0 Å². The van der Waals surface area contributed by atoms with E-state index in [4.69, 9.17) is 0 Å². The van der Waals surface area contributed by atoms with Crippen LogP contribution < -0.4 is 5.43 Å². The summed E-state index contributed by atoms with van der Waals surface area (Å²) < 4.78 is 0. The second-order valence-electron chi connectivity index (χ2n) is 12.8. The van der Waals surface area contributed by atoms with Crippen LogP contribution in [0.1, 0.15) is 65.7 Å². The number of benzene rings is 1. The van der Waals surface area contributed by atoms with Crippen LogP contribution in [0, 0.1) is 70.8 Å². The quantitative estimate of drug-likeness (QED) is 0.185. The summed E-state index contributed by atoms with van der Waals surface area (Å²) in [5, 5.41) is 49.2. The third-order valence-corrected chi connectivity index (χ3v) is 10.8. The summed E-state index contributed by atoms with van der Waals surface area (Å²) in [7, 11) is 0. The second kappa shape index (κ2) is 10.2. The average molecular weight is 556 g/mol. The van der Waals surface area contributed by atoms with Crippen molar-refractivity contribution in [1.29, 1.82) is 0 Å². The van der Waals surface area contributed by atoms with E-state index in [1.807, 2.05) is 6.92 Å². The normalized spacial score (nSPS) is 37.0. The Morgan fingerprint density at radius 2 is 1.85 bits per heavy atom. The maximum absolute atomic E-state index is 11.8. The molecule has 0 heterocycles. The summed E-state index contributed by atoms with van der Waals surface area (Å²) in [6, 6.07) is 3.34. The van der Waals surface area contributed by atoms with Gasteiger partial charge in [-0.05, 0) is 86.5 Å². The van der Waals surface area contributed by atoms with Gasteiger partial charge in [-0.25, -0.2) is 0 Å². The molecule has 0 aromatic heterocycles. The highest BCUT2D eigenvalue weighted by atomic mass is 16.6. The predicted octanol–water partition coefficient (Wildman–Crippen LogP) is 5.73. The molecule has 0 saturated heterocycles. The van der Waals surface area contributed by atoms with Crippen LogP contribution in [0.4, 0.5) is 17.1 Å². The summed E-state index contributed by atoms with van der Waals surface area (Å²) in [4.78, 5) is 32.8. The van der Waals surface area contributed by atoms with Gasteiger partial charge in [0.25, 0.3) is 5.69 Å². The van der Waals surface area contributed by atoms with Crippen molar-refractivity contribution >= 4 is 22.8 Å². The maximum atomic E-state index is 11.8. The summed E-state index contributed by atoms with van der Waals surface area (Å²) >= 11 is 0. The van der Waals surface area contributed by atoms with Crippen LogP contribution in [0.25, 0.3) is 0 Å². The fraction of sp³-hybridized carbons (Fsp3) is 0.679. The maximum Gasteiger partial charge on any atom is 0.301 e. The molecule has 4 aliphatic rings. The van der Waals surface area contributed by atoms with Gasteiger partial charge < -0.3 is 5.11 Å². The standard InChI is InChI=1S/C28H37N5O7/c1-16(29-30-24-7-5-19(32(37)38)14-25(24)33(39)40)26-17(15-31(35)36)12-23-21-6-4-18-13-20(34)8-10-27(18,2)22(21)9-11-28(23,26)3/h4-5,7,14,17,20-23,26,30,34H,6,8-13,15H2,1-3H3/b29-16+/t17?,20?,21-,22+,23+,26+,27+,28+/m1/s1. The number of nitro groups is 3. The zero-order valence-electron chi connectivity index (χ0n) is 23.1. The number of fused-ring (bicyclic) bond motifs is 5. The lowest BCUT2D eigenvalue weighted by molar-refractivity contribution is -0.489. The number of hydrazone groups is 1. The molecule has 0 spiro atoms. The van der Waals surface area contributed by atoms with Gasteiger partial charge >= 0.3 is 5.69 Å². The molecule has 3 fully saturated rings. The molecule has 0 bridgehead atoms. The summed E-state index contributed by atoms with van der Waals surface area (Å²) in [5.41, 5.74) is 3.80. The monoisotopic (exact) mass is 555 g/mol. The highest BCUT2D eigenvalue weighted by molar-refractivity contribution is 5.87. The minimum Gasteiger partial charge on any atom is -0.393 e. The number of hydrogen-bond donors (Lipinski definition) is 2. The smallest absolute Gasteiger partial charge is 0.301 e. The van der Waals surface area contributed by atoms with E-state index < -0.39 is 21.2 Å². The van der Waals surface area contributed by atoms with Crippen molar-refractivity contribution in [2.24, 2.45) is 45.5 Å². The number of hydrogen-bond acceptors (Lipinski definition) is 9. The zero-order chi connectivity index (χ0) is 29.0. The van der Waals surface area contributed by atoms with Crippen LogP contribution in [-0.4, -0.2) is 38.2 Å². The fourth-order valence-corrected chi connectivity index (χ4v) is 9.11. The lowest BCUT2D eigenvalue weighted by Gasteiger charge is -2.58. The minimum atomic E-state index is -0.695. The molecular formula is C28H37N5O7. The van der Waals surface area contributed by atoms with Gasteiger partial charge in [-0.2, -0.15) is 5.10 Å². The Labute approximate surface area is 232 Å². The largest absolute Gasteiger partial charge is 0.393 e. The Hall–Kier alpha value is -3.41. The van der Waals surface area contributed by atoms with Gasteiger partial charge in [0.1, 0.15) is 5.69 Å². The van der Waals surface area contributed by atoms with Gasteiger partial charge in [-0.15, -0.1) is 0 Å².